The molecule has 0 aromatic rings. The maximum atomic E-state index is 12.9. The van der Waals surface area contributed by atoms with Gasteiger partial charge in [-0.2, -0.15) is 0 Å². The number of fused-ring (bicyclic) bond motifs is 5. The van der Waals surface area contributed by atoms with Gasteiger partial charge in [0.15, 0.2) is 0 Å². The highest BCUT2D eigenvalue weighted by Gasteiger charge is 2.76. The average Bonchev–Trinajstić information content (AvgIpc) is 3.43. The summed E-state index contributed by atoms with van der Waals surface area (Å²) in [4.78, 5) is 12.9. The number of carbonyl (C=O) groups excluding carboxylic acids is 1. The molecule has 3 heteroatoms. The van der Waals surface area contributed by atoms with Crippen LogP contribution in [0.5, 0.6) is 0 Å². The Balaban J connectivity index is 1.38. The Bertz CT molecular complexity index is 876. The van der Waals surface area contributed by atoms with E-state index in [2.05, 4.69) is 48.5 Å². The van der Waals surface area contributed by atoms with E-state index in [0.29, 0.717) is 41.0 Å². The average molecular weight is 457 g/mol. The molecule has 1 heterocycles. The fourth-order valence-electron chi connectivity index (χ4n) is 11.8. The second-order valence-electron chi connectivity index (χ2n) is 15.5. The summed E-state index contributed by atoms with van der Waals surface area (Å²) in [5, 5.41) is 10.9. The van der Waals surface area contributed by atoms with Gasteiger partial charge in [-0.05, 0) is 103 Å². The summed E-state index contributed by atoms with van der Waals surface area (Å²) < 4.78 is 6.84. The molecule has 10 atom stereocenters. The number of aliphatic hydroxyl groups excluding tert-OH is 1. The summed E-state index contributed by atoms with van der Waals surface area (Å²) in [5.41, 5.74) is 0.723. The van der Waals surface area contributed by atoms with Crippen molar-refractivity contribution in [3.05, 3.63) is 0 Å². The van der Waals surface area contributed by atoms with Crippen LogP contribution in [-0.4, -0.2) is 28.7 Å². The van der Waals surface area contributed by atoms with Crippen LogP contribution in [-0.2, 0) is 9.53 Å². The lowest BCUT2D eigenvalue weighted by Crippen LogP contribution is -2.59. The molecule has 0 aromatic carbocycles. The van der Waals surface area contributed by atoms with Gasteiger partial charge in [-0.25, -0.2) is 0 Å². The Morgan fingerprint density at radius 2 is 1.45 bits per heavy atom. The van der Waals surface area contributed by atoms with Crippen LogP contribution in [0.3, 0.4) is 0 Å². The molecule has 1 N–H and O–H groups in total. The van der Waals surface area contributed by atoms with Crippen LogP contribution < -0.4 is 0 Å². The van der Waals surface area contributed by atoms with Crippen molar-refractivity contribution in [3.63, 3.8) is 0 Å². The van der Waals surface area contributed by atoms with E-state index in [1.54, 1.807) is 0 Å². The van der Waals surface area contributed by atoms with Gasteiger partial charge in [0.2, 0.25) is 0 Å². The number of epoxide rings is 1. The summed E-state index contributed by atoms with van der Waals surface area (Å²) in [6, 6.07) is 0. The van der Waals surface area contributed by atoms with E-state index in [-0.39, 0.29) is 33.4 Å². The van der Waals surface area contributed by atoms with Gasteiger partial charge in [0.1, 0.15) is 5.78 Å². The Morgan fingerprint density at radius 3 is 2.18 bits per heavy atom. The molecule has 10 unspecified atom stereocenters. The highest BCUT2D eigenvalue weighted by molar-refractivity contribution is 5.85. The van der Waals surface area contributed by atoms with E-state index in [1.165, 1.54) is 32.1 Å². The van der Waals surface area contributed by atoms with Crippen LogP contribution in [0.1, 0.15) is 113 Å². The topological polar surface area (TPSA) is 49.8 Å². The largest absolute Gasteiger partial charge is 0.393 e. The first-order valence-electron chi connectivity index (χ1n) is 14.1. The van der Waals surface area contributed by atoms with Gasteiger partial charge in [-0.15, -0.1) is 0 Å². The Hall–Kier alpha value is -0.410. The quantitative estimate of drug-likeness (QED) is 0.420. The molecule has 3 nitrogen and oxygen atoms in total. The van der Waals surface area contributed by atoms with E-state index < -0.39 is 0 Å². The van der Waals surface area contributed by atoms with E-state index in [0.717, 1.165) is 32.1 Å². The lowest BCUT2D eigenvalue weighted by atomic mass is 9.42. The fourth-order valence-corrected chi connectivity index (χ4v) is 11.8. The minimum atomic E-state index is -0.186. The third-order valence-corrected chi connectivity index (χ3v) is 13.5. The number of aliphatic hydroxyl groups is 1. The monoisotopic (exact) mass is 456 g/mol. The maximum absolute atomic E-state index is 12.9. The summed E-state index contributed by atoms with van der Waals surface area (Å²) in [6.45, 7) is 16.9. The molecule has 6 rings (SSSR count). The van der Waals surface area contributed by atoms with Crippen LogP contribution in [0, 0.1) is 50.7 Å². The highest BCUT2D eigenvalue weighted by Crippen LogP contribution is 2.75. The first-order chi connectivity index (χ1) is 15.2. The summed E-state index contributed by atoms with van der Waals surface area (Å²) >= 11 is 0. The third kappa shape index (κ3) is 2.68. The van der Waals surface area contributed by atoms with Crippen molar-refractivity contribution in [2.75, 3.05) is 0 Å². The van der Waals surface area contributed by atoms with Crippen LogP contribution >= 0.6 is 0 Å². The molecule has 5 aliphatic carbocycles. The van der Waals surface area contributed by atoms with Crippen LogP contribution in [0.4, 0.5) is 0 Å². The van der Waals surface area contributed by atoms with Gasteiger partial charge in [0, 0.05) is 11.8 Å². The van der Waals surface area contributed by atoms with Crippen molar-refractivity contribution in [1.29, 1.82) is 0 Å². The molecule has 1 aliphatic heterocycles. The predicted octanol–water partition coefficient (Wildman–Crippen LogP) is 6.56. The minimum absolute atomic E-state index is 0.0289. The van der Waals surface area contributed by atoms with Gasteiger partial charge in [0.05, 0.1) is 17.8 Å². The third-order valence-electron chi connectivity index (χ3n) is 13.5. The van der Waals surface area contributed by atoms with Gasteiger partial charge in [0.25, 0.3) is 0 Å². The van der Waals surface area contributed by atoms with E-state index in [1.807, 2.05) is 0 Å². The molecule has 0 amide bonds. The number of rotatable bonds is 0. The van der Waals surface area contributed by atoms with Gasteiger partial charge in [-0.1, -0.05) is 48.5 Å². The lowest BCUT2D eigenvalue weighted by molar-refractivity contribution is -0.161. The summed E-state index contributed by atoms with van der Waals surface area (Å²) in [5.74, 6) is 2.86. The molecule has 0 radical (unpaired) electrons. The second kappa shape index (κ2) is 6.47. The number of hydrogen-bond donors (Lipinski definition) is 1. The number of Topliss-reactive ketones (excluding diaryl/α,β-unsaturated/α-hetero) is 1. The number of ether oxygens (including phenoxy) is 1. The zero-order valence-corrected chi connectivity index (χ0v) is 22.3. The number of carbonyl (C=O) groups is 1. The number of hydrogen-bond acceptors (Lipinski definition) is 3. The Kier molecular flexibility index (Phi) is 4.51. The van der Waals surface area contributed by atoms with Crippen molar-refractivity contribution in [2.24, 2.45) is 50.7 Å². The Labute approximate surface area is 201 Å². The molecular formula is C30H48O3. The summed E-state index contributed by atoms with van der Waals surface area (Å²) in [7, 11) is 0. The van der Waals surface area contributed by atoms with Crippen LogP contribution in [0.15, 0.2) is 0 Å². The molecular weight excluding hydrogens is 408 g/mol. The molecule has 0 aromatic heterocycles. The van der Waals surface area contributed by atoms with E-state index in [4.69, 9.17) is 4.74 Å². The van der Waals surface area contributed by atoms with Crippen molar-refractivity contribution < 1.29 is 14.6 Å². The Morgan fingerprint density at radius 1 is 0.788 bits per heavy atom. The van der Waals surface area contributed by atoms with Crippen LogP contribution in [0.25, 0.3) is 0 Å². The molecule has 6 aliphatic rings. The molecule has 1 spiro atoms. The predicted molar refractivity (Wildman–Crippen MR) is 131 cm³/mol. The SMILES string of the molecule is CC12CCC3C(C)(C)C(=O)CCC3(C)C1CCC1C3(C)CCC(O)C(C)(C)C3CC3OC31C2. The zero-order chi connectivity index (χ0) is 23.8. The molecule has 5 saturated carbocycles. The van der Waals surface area contributed by atoms with Gasteiger partial charge in [-0.3, -0.25) is 4.79 Å². The van der Waals surface area contributed by atoms with E-state index in [9.17, 15) is 9.90 Å². The highest BCUT2D eigenvalue weighted by atomic mass is 16.6. The lowest BCUT2D eigenvalue weighted by Gasteiger charge is -2.62. The van der Waals surface area contributed by atoms with Crippen LogP contribution in [0.2, 0.25) is 0 Å². The maximum Gasteiger partial charge on any atom is 0.138 e. The zero-order valence-electron chi connectivity index (χ0n) is 22.3. The van der Waals surface area contributed by atoms with Crippen molar-refractivity contribution in [3.8, 4) is 0 Å². The van der Waals surface area contributed by atoms with Crippen molar-refractivity contribution >= 4 is 5.78 Å². The fraction of sp³-hybridized carbons (Fsp3) is 0.967. The molecule has 33 heavy (non-hydrogen) atoms. The van der Waals surface area contributed by atoms with Gasteiger partial charge >= 0.3 is 0 Å². The van der Waals surface area contributed by atoms with Gasteiger partial charge < -0.3 is 9.84 Å². The normalized spacial score (nSPS) is 58.6. The summed E-state index contributed by atoms with van der Waals surface area (Å²) in [6.07, 6.45) is 11.5. The first kappa shape index (κ1) is 23.0. The molecule has 6 fully saturated rings. The smallest absolute Gasteiger partial charge is 0.138 e. The second-order valence-corrected chi connectivity index (χ2v) is 15.5. The molecule has 186 valence electrons. The minimum Gasteiger partial charge on any atom is -0.393 e. The standard InChI is InChI=1S/C30H48O3/c1-25(2)18-10-13-27(5)17-30-20(9-8-19(27)28(18,6)14-11-22(25)31)29(7)15-12-23(32)26(3,4)21(29)16-24(30)33-30/h18-21,23-24,32H,8-17H2,1-7H3. The number of ketones is 1. The van der Waals surface area contributed by atoms with E-state index >= 15 is 0 Å². The first-order valence-corrected chi connectivity index (χ1v) is 14.1. The van der Waals surface area contributed by atoms with Crippen molar-refractivity contribution in [1.82, 2.24) is 0 Å². The molecule has 1 saturated heterocycles. The van der Waals surface area contributed by atoms with Crippen molar-refractivity contribution in [2.45, 2.75) is 130 Å². The molecule has 0 bridgehead atoms.